The number of halogens is 3. The monoisotopic (exact) mass is 252 g/mol. The Balaban J connectivity index is 2.86. The Bertz CT molecular complexity index is 630. The number of hydrogen-bond donors (Lipinski definition) is 0. The quantitative estimate of drug-likeness (QED) is 0.767. The molecule has 0 aliphatic heterocycles. The van der Waals surface area contributed by atoms with Crippen LogP contribution in [0.25, 0.3) is 10.8 Å². The molecule has 0 saturated carbocycles. The molecule has 0 fully saturated rings. The van der Waals surface area contributed by atoms with Crippen LogP contribution in [0, 0.1) is 0 Å². The van der Waals surface area contributed by atoms with E-state index in [2.05, 4.69) is 0 Å². The van der Waals surface area contributed by atoms with Crippen LogP contribution in [-0.2, 0) is 6.18 Å². The van der Waals surface area contributed by atoms with Crippen LogP contribution < -0.4 is 0 Å². The maximum atomic E-state index is 12.9. The fraction of sp³-hybridized carbons (Fsp3) is 0.0769. The molecule has 2 aromatic rings. The zero-order chi connectivity index (χ0) is 13.3. The van der Waals surface area contributed by atoms with Gasteiger partial charge in [-0.05, 0) is 29.0 Å². The van der Waals surface area contributed by atoms with Gasteiger partial charge in [-0.15, -0.1) is 0 Å². The second-order valence-corrected chi connectivity index (χ2v) is 3.78. The third kappa shape index (κ3) is 2.11. The van der Waals surface area contributed by atoms with Crippen molar-refractivity contribution in [3.8, 4) is 0 Å². The van der Waals surface area contributed by atoms with Gasteiger partial charge in [0.15, 0.2) is 0 Å². The summed E-state index contributed by atoms with van der Waals surface area (Å²) in [6.45, 7) is 0. The molecule has 0 unspecified atom stereocenters. The summed E-state index contributed by atoms with van der Waals surface area (Å²) in [5.41, 5.74) is -0.800. The first kappa shape index (κ1) is 12.3. The number of aldehydes is 2. The minimum Gasteiger partial charge on any atom is -0.298 e. The van der Waals surface area contributed by atoms with Gasteiger partial charge >= 0.3 is 6.18 Å². The van der Waals surface area contributed by atoms with Crippen molar-refractivity contribution in [3.05, 3.63) is 47.0 Å². The lowest BCUT2D eigenvalue weighted by molar-refractivity contribution is -0.136. The first-order valence-electron chi connectivity index (χ1n) is 5.01. The van der Waals surface area contributed by atoms with Gasteiger partial charge in [-0.2, -0.15) is 13.2 Å². The number of carbonyl (C=O) groups is 2. The van der Waals surface area contributed by atoms with Crippen molar-refractivity contribution >= 4 is 23.3 Å². The zero-order valence-corrected chi connectivity index (χ0v) is 8.99. The summed E-state index contributed by atoms with van der Waals surface area (Å²) < 4.78 is 38.6. The molecule has 0 bridgehead atoms. The van der Waals surface area contributed by atoms with Crippen LogP contribution in [0.15, 0.2) is 30.3 Å². The standard InChI is InChI=1S/C13H7F3O2/c14-13(15,16)12-5-9(7-18)3-10-2-1-8(6-17)4-11(10)12/h1-7H. The van der Waals surface area contributed by atoms with Crippen LogP contribution in [0.4, 0.5) is 13.2 Å². The first-order chi connectivity index (χ1) is 8.45. The number of benzene rings is 2. The lowest BCUT2D eigenvalue weighted by Gasteiger charge is -2.11. The lowest BCUT2D eigenvalue weighted by Crippen LogP contribution is -2.07. The summed E-state index contributed by atoms with van der Waals surface area (Å²) in [5.74, 6) is 0. The predicted octanol–water partition coefficient (Wildman–Crippen LogP) is 3.48. The van der Waals surface area contributed by atoms with E-state index in [4.69, 9.17) is 0 Å². The van der Waals surface area contributed by atoms with Crippen molar-refractivity contribution in [2.75, 3.05) is 0 Å². The number of hydrogen-bond acceptors (Lipinski definition) is 2. The van der Waals surface area contributed by atoms with E-state index in [0.29, 0.717) is 12.6 Å². The number of carbonyl (C=O) groups excluding carboxylic acids is 2. The molecular weight excluding hydrogens is 245 g/mol. The van der Waals surface area contributed by atoms with Gasteiger partial charge in [-0.25, -0.2) is 0 Å². The molecule has 0 atom stereocenters. The summed E-state index contributed by atoms with van der Waals surface area (Å²) in [7, 11) is 0. The highest BCUT2D eigenvalue weighted by molar-refractivity contribution is 5.95. The average molecular weight is 252 g/mol. The van der Waals surface area contributed by atoms with Gasteiger partial charge in [0.25, 0.3) is 0 Å². The lowest BCUT2D eigenvalue weighted by atomic mass is 9.99. The molecule has 5 heteroatoms. The highest BCUT2D eigenvalue weighted by Crippen LogP contribution is 2.35. The molecule has 18 heavy (non-hydrogen) atoms. The van der Waals surface area contributed by atoms with Crippen LogP contribution in [0.2, 0.25) is 0 Å². The fourth-order valence-corrected chi connectivity index (χ4v) is 1.77. The van der Waals surface area contributed by atoms with Crippen molar-refractivity contribution in [2.24, 2.45) is 0 Å². The highest BCUT2D eigenvalue weighted by Gasteiger charge is 2.33. The normalized spacial score (nSPS) is 11.5. The van der Waals surface area contributed by atoms with Gasteiger partial charge in [0, 0.05) is 11.1 Å². The average Bonchev–Trinajstić information content (AvgIpc) is 2.35. The van der Waals surface area contributed by atoms with Crippen molar-refractivity contribution in [1.29, 1.82) is 0 Å². The van der Waals surface area contributed by atoms with E-state index in [9.17, 15) is 22.8 Å². The largest absolute Gasteiger partial charge is 0.417 e. The molecule has 92 valence electrons. The van der Waals surface area contributed by atoms with E-state index in [1.165, 1.54) is 24.3 Å². The summed E-state index contributed by atoms with van der Waals surface area (Å²) in [5, 5.41) is 0.190. The number of fused-ring (bicyclic) bond motifs is 1. The number of alkyl halides is 3. The minimum absolute atomic E-state index is 0.0475. The minimum atomic E-state index is -4.57. The van der Waals surface area contributed by atoms with E-state index >= 15 is 0 Å². The summed E-state index contributed by atoms with van der Waals surface area (Å²) in [6.07, 6.45) is -3.73. The molecule has 0 aliphatic rings. The molecule has 0 amide bonds. The molecule has 0 aliphatic carbocycles. The molecule has 0 N–H and O–H groups in total. The Morgan fingerprint density at radius 2 is 1.56 bits per heavy atom. The molecule has 0 aromatic heterocycles. The van der Waals surface area contributed by atoms with E-state index in [1.54, 1.807) is 0 Å². The van der Waals surface area contributed by atoms with E-state index in [0.717, 1.165) is 6.07 Å². The van der Waals surface area contributed by atoms with E-state index in [-0.39, 0.29) is 21.9 Å². The van der Waals surface area contributed by atoms with Crippen molar-refractivity contribution in [2.45, 2.75) is 6.18 Å². The SMILES string of the molecule is O=Cc1cc(C(F)(F)F)c2cc(C=O)ccc2c1. The van der Waals surface area contributed by atoms with Gasteiger partial charge in [-0.1, -0.05) is 12.1 Å². The Labute approximate surface area is 100 Å². The highest BCUT2D eigenvalue weighted by atomic mass is 19.4. The Morgan fingerprint density at radius 1 is 0.889 bits per heavy atom. The topological polar surface area (TPSA) is 34.1 Å². The van der Waals surface area contributed by atoms with Crippen LogP contribution in [-0.4, -0.2) is 12.6 Å². The van der Waals surface area contributed by atoms with Crippen LogP contribution in [0.5, 0.6) is 0 Å². The third-order valence-corrected chi connectivity index (χ3v) is 2.58. The van der Waals surface area contributed by atoms with Crippen molar-refractivity contribution < 1.29 is 22.8 Å². The Morgan fingerprint density at radius 3 is 2.11 bits per heavy atom. The van der Waals surface area contributed by atoms with Gasteiger partial charge < -0.3 is 0 Å². The molecule has 0 saturated heterocycles. The summed E-state index contributed by atoms with van der Waals surface area (Å²) in [4.78, 5) is 21.2. The van der Waals surface area contributed by atoms with Gasteiger partial charge in [0.05, 0.1) is 5.56 Å². The molecule has 2 nitrogen and oxygen atoms in total. The molecule has 2 aromatic carbocycles. The Kier molecular flexibility index (Phi) is 2.90. The van der Waals surface area contributed by atoms with Gasteiger partial charge in [-0.3, -0.25) is 9.59 Å². The van der Waals surface area contributed by atoms with Crippen molar-refractivity contribution in [1.82, 2.24) is 0 Å². The molecule has 0 heterocycles. The van der Waals surface area contributed by atoms with Gasteiger partial charge in [0.1, 0.15) is 12.6 Å². The molecular formula is C13H7F3O2. The molecule has 0 spiro atoms. The maximum Gasteiger partial charge on any atom is 0.417 e. The van der Waals surface area contributed by atoms with E-state index in [1.807, 2.05) is 0 Å². The van der Waals surface area contributed by atoms with Crippen LogP contribution in [0.1, 0.15) is 26.3 Å². The maximum absolute atomic E-state index is 12.9. The zero-order valence-electron chi connectivity index (χ0n) is 8.99. The van der Waals surface area contributed by atoms with Gasteiger partial charge in [0.2, 0.25) is 0 Å². The predicted molar refractivity (Wildman–Crippen MR) is 59.7 cm³/mol. The third-order valence-electron chi connectivity index (χ3n) is 2.58. The second-order valence-electron chi connectivity index (χ2n) is 3.78. The fourth-order valence-electron chi connectivity index (χ4n) is 1.77. The van der Waals surface area contributed by atoms with Crippen molar-refractivity contribution in [3.63, 3.8) is 0 Å². The Hall–Kier alpha value is -2.17. The number of rotatable bonds is 2. The van der Waals surface area contributed by atoms with Crippen LogP contribution >= 0.6 is 0 Å². The summed E-state index contributed by atoms with van der Waals surface area (Å²) in [6, 6.07) is 6.10. The smallest absolute Gasteiger partial charge is 0.298 e. The molecule has 2 rings (SSSR count). The summed E-state index contributed by atoms with van der Waals surface area (Å²) >= 11 is 0. The molecule has 0 radical (unpaired) electrons. The second kappa shape index (κ2) is 4.25. The van der Waals surface area contributed by atoms with Crippen LogP contribution in [0.3, 0.4) is 0 Å². The van der Waals surface area contributed by atoms with E-state index < -0.39 is 11.7 Å². The first-order valence-corrected chi connectivity index (χ1v) is 5.01.